The zero-order chi connectivity index (χ0) is 13.9. The predicted molar refractivity (Wildman–Crippen MR) is 73.3 cm³/mol. The average Bonchev–Trinajstić information content (AvgIpc) is 2.93. The molecule has 4 nitrogen and oxygen atoms in total. The second kappa shape index (κ2) is 5.72. The summed E-state index contributed by atoms with van der Waals surface area (Å²) in [4.78, 5) is 13.8. The molecule has 2 unspecified atom stereocenters. The number of hydrogen-bond donors (Lipinski definition) is 1. The lowest BCUT2D eigenvalue weighted by Gasteiger charge is -2.33. The van der Waals surface area contributed by atoms with E-state index in [1.165, 1.54) is 0 Å². The summed E-state index contributed by atoms with van der Waals surface area (Å²) in [5.41, 5.74) is -0.0493. The van der Waals surface area contributed by atoms with Crippen molar-refractivity contribution in [3.63, 3.8) is 0 Å². The maximum absolute atomic E-state index is 11.7. The van der Waals surface area contributed by atoms with Crippen LogP contribution in [0.4, 0.5) is 0 Å². The van der Waals surface area contributed by atoms with Gasteiger partial charge < -0.3 is 9.84 Å². The first kappa shape index (κ1) is 14.0. The fourth-order valence-corrected chi connectivity index (χ4v) is 2.59. The van der Waals surface area contributed by atoms with Crippen LogP contribution >= 0.6 is 0 Å². The molecule has 0 saturated carbocycles. The zero-order valence-corrected chi connectivity index (χ0v) is 11.5. The quantitative estimate of drug-likeness (QED) is 0.879. The van der Waals surface area contributed by atoms with Gasteiger partial charge in [-0.05, 0) is 26.0 Å². The fraction of sp³-hybridized carbons (Fsp3) is 0.533. The number of benzene rings is 1. The zero-order valence-electron chi connectivity index (χ0n) is 11.5. The first-order chi connectivity index (χ1) is 9.04. The molecule has 1 saturated heterocycles. The van der Waals surface area contributed by atoms with Gasteiger partial charge in [-0.15, -0.1) is 0 Å². The van der Waals surface area contributed by atoms with Crippen molar-refractivity contribution in [2.24, 2.45) is 0 Å². The highest BCUT2D eigenvalue weighted by Gasteiger charge is 2.38. The molecule has 0 aromatic heterocycles. The minimum Gasteiger partial charge on any atom is -0.481 e. The summed E-state index contributed by atoms with van der Waals surface area (Å²) in [5.74, 6) is -0.788. The van der Waals surface area contributed by atoms with Gasteiger partial charge in [0.1, 0.15) is 5.41 Å². The summed E-state index contributed by atoms with van der Waals surface area (Å²) < 4.78 is 5.37. The second-order valence-electron chi connectivity index (χ2n) is 5.44. The van der Waals surface area contributed by atoms with Crippen LogP contribution in [0.3, 0.4) is 0 Å². The molecule has 4 heteroatoms. The van der Waals surface area contributed by atoms with E-state index in [0.29, 0.717) is 19.2 Å². The van der Waals surface area contributed by atoms with Crippen molar-refractivity contribution < 1.29 is 14.6 Å². The van der Waals surface area contributed by atoms with Gasteiger partial charge in [0.25, 0.3) is 0 Å². The molecule has 1 fully saturated rings. The number of carbonyl (C=O) groups is 1. The van der Waals surface area contributed by atoms with Gasteiger partial charge in [0.05, 0.1) is 6.61 Å². The summed E-state index contributed by atoms with van der Waals surface area (Å²) >= 11 is 0. The standard InChI is InChI=1S/C15H21NO3/c1-15(14(17)18,12-6-4-3-5-7-12)11-16(2)13-8-9-19-10-13/h3-7,13H,8-11H2,1-2H3,(H,17,18). The van der Waals surface area contributed by atoms with Crippen LogP contribution in [-0.2, 0) is 14.9 Å². The monoisotopic (exact) mass is 263 g/mol. The first-order valence-corrected chi connectivity index (χ1v) is 6.61. The molecule has 2 rings (SSSR count). The Balaban J connectivity index is 2.18. The molecule has 1 aliphatic rings. The molecule has 0 bridgehead atoms. The van der Waals surface area contributed by atoms with E-state index in [-0.39, 0.29) is 0 Å². The van der Waals surface area contributed by atoms with Crippen molar-refractivity contribution in [3.8, 4) is 0 Å². The normalized spacial score (nSPS) is 22.4. The third kappa shape index (κ3) is 2.96. The van der Waals surface area contributed by atoms with Gasteiger partial charge in [-0.3, -0.25) is 9.69 Å². The summed E-state index contributed by atoms with van der Waals surface area (Å²) in [6.45, 7) is 3.74. The lowest BCUT2D eigenvalue weighted by atomic mass is 9.81. The van der Waals surface area contributed by atoms with E-state index in [9.17, 15) is 9.90 Å². The van der Waals surface area contributed by atoms with Crippen LogP contribution in [0.2, 0.25) is 0 Å². The number of nitrogens with zero attached hydrogens (tertiary/aromatic N) is 1. The smallest absolute Gasteiger partial charge is 0.315 e. The predicted octanol–water partition coefficient (Wildman–Crippen LogP) is 1.75. The average molecular weight is 263 g/mol. The minimum absolute atomic E-state index is 0.322. The number of likely N-dealkylation sites (N-methyl/N-ethyl adjacent to an activating group) is 1. The van der Waals surface area contributed by atoms with Gasteiger partial charge in [0.15, 0.2) is 0 Å². The first-order valence-electron chi connectivity index (χ1n) is 6.61. The number of carboxylic acids is 1. The third-order valence-electron chi connectivity index (χ3n) is 3.98. The van der Waals surface area contributed by atoms with E-state index < -0.39 is 11.4 Å². The number of hydrogen-bond acceptors (Lipinski definition) is 3. The van der Waals surface area contributed by atoms with Crippen LogP contribution in [-0.4, -0.2) is 48.8 Å². The molecular formula is C15H21NO3. The van der Waals surface area contributed by atoms with Gasteiger partial charge >= 0.3 is 5.97 Å². The van der Waals surface area contributed by atoms with E-state index in [1.807, 2.05) is 37.4 Å². The Bertz CT molecular complexity index is 428. The van der Waals surface area contributed by atoms with Gasteiger partial charge in [0, 0.05) is 19.2 Å². The minimum atomic E-state index is -0.890. The van der Waals surface area contributed by atoms with Crippen LogP contribution in [0.5, 0.6) is 0 Å². The van der Waals surface area contributed by atoms with E-state index in [2.05, 4.69) is 4.90 Å². The van der Waals surface area contributed by atoms with E-state index in [0.717, 1.165) is 18.6 Å². The molecule has 19 heavy (non-hydrogen) atoms. The molecule has 1 N–H and O–H groups in total. The van der Waals surface area contributed by atoms with Crippen molar-refractivity contribution in [2.45, 2.75) is 24.8 Å². The Kier molecular flexibility index (Phi) is 4.22. The van der Waals surface area contributed by atoms with Gasteiger partial charge in [-0.1, -0.05) is 30.3 Å². The van der Waals surface area contributed by atoms with Crippen LogP contribution in [0.25, 0.3) is 0 Å². The molecule has 1 aromatic carbocycles. The van der Waals surface area contributed by atoms with Crippen molar-refractivity contribution in [2.75, 3.05) is 26.8 Å². The highest BCUT2D eigenvalue weighted by molar-refractivity contribution is 5.81. The molecule has 0 aliphatic carbocycles. The lowest BCUT2D eigenvalue weighted by Crippen LogP contribution is -2.46. The summed E-state index contributed by atoms with van der Waals surface area (Å²) in [5, 5.41) is 9.62. The second-order valence-corrected chi connectivity index (χ2v) is 5.44. The number of rotatable bonds is 5. The summed E-state index contributed by atoms with van der Waals surface area (Å²) in [7, 11) is 1.98. The maximum atomic E-state index is 11.7. The van der Waals surface area contributed by atoms with Crippen molar-refractivity contribution in [1.82, 2.24) is 4.90 Å². The Morgan fingerprint density at radius 2 is 2.16 bits per heavy atom. The Labute approximate surface area is 114 Å². The third-order valence-corrected chi connectivity index (χ3v) is 3.98. The topological polar surface area (TPSA) is 49.8 Å². The van der Waals surface area contributed by atoms with Crippen LogP contribution < -0.4 is 0 Å². The Morgan fingerprint density at radius 1 is 1.47 bits per heavy atom. The molecule has 1 aromatic rings. The van der Waals surface area contributed by atoms with Crippen LogP contribution in [0.15, 0.2) is 30.3 Å². The molecular weight excluding hydrogens is 242 g/mol. The SMILES string of the molecule is CN(CC(C)(C(=O)O)c1ccccc1)C1CCOC1. The number of aliphatic carboxylic acids is 1. The van der Waals surface area contributed by atoms with E-state index in [1.54, 1.807) is 6.92 Å². The highest BCUT2D eigenvalue weighted by atomic mass is 16.5. The van der Waals surface area contributed by atoms with E-state index >= 15 is 0 Å². The molecule has 2 atom stereocenters. The summed E-state index contributed by atoms with van der Waals surface area (Å²) in [6.07, 6.45) is 0.973. The van der Waals surface area contributed by atoms with Gasteiger partial charge in [-0.2, -0.15) is 0 Å². The molecule has 0 spiro atoms. The largest absolute Gasteiger partial charge is 0.481 e. The molecule has 104 valence electrons. The highest BCUT2D eigenvalue weighted by Crippen LogP contribution is 2.26. The Hall–Kier alpha value is -1.39. The number of carboxylic acid groups (broad SMARTS) is 1. The number of ether oxygens (including phenoxy) is 1. The molecule has 0 radical (unpaired) electrons. The van der Waals surface area contributed by atoms with Crippen molar-refractivity contribution >= 4 is 5.97 Å². The van der Waals surface area contributed by atoms with Crippen LogP contribution in [0, 0.1) is 0 Å². The Morgan fingerprint density at radius 3 is 2.68 bits per heavy atom. The van der Waals surface area contributed by atoms with Gasteiger partial charge in [-0.25, -0.2) is 0 Å². The van der Waals surface area contributed by atoms with Gasteiger partial charge in [0.2, 0.25) is 0 Å². The summed E-state index contributed by atoms with van der Waals surface area (Å²) in [6, 6.07) is 9.76. The molecule has 0 amide bonds. The molecule has 1 heterocycles. The molecule has 1 aliphatic heterocycles. The lowest BCUT2D eigenvalue weighted by molar-refractivity contribution is -0.144. The van der Waals surface area contributed by atoms with Crippen molar-refractivity contribution in [3.05, 3.63) is 35.9 Å². The van der Waals surface area contributed by atoms with Crippen LogP contribution in [0.1, 0.15) is 18.9 Å². The van der Waals surface area contributed by atoms with Crippen molar-refractivity contribution in [1.29, 1.82) is 0 Å². The van der Waals surface area contributed by atoms with E-state index in [4.69, 9.17) is 4.74 Å². The maximum Gasteiger partial charge on any atom is 0.315 e. The fourth-order valence-electron chi connectivity index (χ4n) is 2.59.